The summed E-state index contributed by atoms with van der Waals surface area (Å²) in [5.74, 6) is -0.917. The molecule has 0 saturated heterocycles. The van der Waals surface area contributed by atoms with E-state index in [1.807, 2.05) is 24.9 Å². The third-order valence-electron chi connectivity index (χ3n) is 3.45. The molecule has 0 aromatic heterocycles. The van der Waals surface area contributed by atoms with E-state index in [1.54, 1.807) is 6.07 Å². The number of benzene rings is 1. The summed E-state index contributed by atoms with van der Waals surface area (Å²) in [4.78, 5) is 12.6. The maximum Gasteiger partial charge on any atom is 0.303 e. The van der Waals surface area contributed by atoms with E-state index in [0.29, 0.717) is 12.2 Å². The third kappa shape index (κ3) is 2.12. The van der Waals surface area contributed by atoms with Crippen molar-refractivity contribution < 1.29 is 14.3 Å². The van der Waals surface area contributed by atoms with E-state index in [1.165, 1.54) is 6.07 Å². The van der Waals surface area contributed by atoms with Crippen molar-refractivity contribution in [2.45, 2.75) is 19.3 Å². The minimum Gasteiger partial charge on any atom is -0.481 e. The number of hydrogen-bond acceptors (Lipinski definition) is 2. The SMILES string of the molecule is CC(CC(=O)O)C1CN(C)c2c(F)cccc21. The van der Waals surface area contributed by atoms with Crippen LogP contribution in [0, 0.1) is 11.7 Å². The van der Waals surface area contributed by atoms with Crippen molar-refractivity contribution in [3.8, 4) is 0 Å². The smallest absolute Gasteiger partial charge is 0.303 e. The Labute approximate surface area is 99.9 Å². The molecule has 0 spiro atoms. The molecule has 0 fully saturated rings. The highest BCUT2D eigenvalue weighted by Crippen LogP contribution is 2.41. The number of hydrogen-bond donors (Lipinski definition) is 1. The van der Waals surface area contributed by atoms with Gasteiger partial charge in [0.25, 0.3) is 0 Å². The molecule has 3 nitrogen and oxygen atoms in total. The highest BCUT2D eigenvalue weighted by atomic mass is 19.1. The van der Waals surface area contributed by atoms with Gasteiger partial charge >= 0.3 is 5.97 Å². The number of carboxylic acids is 1. The van der Waals surface area contributed by atoms with E-state index < -0.39 is 5.97 Å². The first-order chi connectivity index (χ1) is 8.00. The lowest BCUT2D eigenvalue weighted by Gasteiger charge is -2.18. The number of nitrogens with zero attached hydrogens (tertiary/aromatic N) is 1. The Morgan fingerprint density at radius 1 is 1.65 bits per heavy atom. The number of rotatable bonds is 3. The van der Waals surface area contributed by atoms with Crippen LogP contribution in [-0.4, -0.2) is 24.7 Å². The molecule has 0 bridgehead atoms. The summed E-state index contributed by atoms with van der Waals surface area (Å²) in [6.07, 6.45) is 0.120. The summed E-state index contributed by atoms with van der Waals surface area (Å²) >= 11 is 0. The molecule has 2 rings (SSSR count). The average Bonchev–Trinajstić information content (AvgIpc) is 2.56. The summed E-state index contributed by atoms with van der Waals surface area (Å²) in [6.45, 7) is 2.59. The van der Waals surface area contributed by atoms with E-state index >= 15 is 0 Å². The lowest BCUT2D eigenvalue weighted by atomic mass is 9.87. The van der Waals surface area contributed by atoms with Crippen molar-refractivity contribution in [3.63, 3.8) is 0 Å². The van der Waals surface area contributed by atoms with Gasteiger partial charge in [0.05, 0.1) is 5.69 Å². The van der Waals surface area contributed by atoms with Gasteiger partial charge in [0, 0.05) is 25.9 Å². The van der Waals surface area contributed by atoms with E-state index in [2.05, 4.69) is 0 Å². The summed E-state index contributed by atoms with van der Waals surface area (Å²) in [7, 11) is 1.84. The molecule has 1 aromatic carbocycles. The van der Waals surface area contributed by atoms with E-state index in [4.69, 9.17) is 5.11 Å². The fraction of sp³-hybridized carbons (Fsp3) is 0.462. The number of aliphatic carboxylic acids is 1. The van der Waals surface area contributed by atoms with Crippen LogP contribution in [0.4, 0.5) is 10.1 Å². The summed E-state index contributed by atoms with van der Waals surface area (Å²) in [6, 6.07) is 5.03. The predicted molar refractivity (Wildman–Crippen MR) is 63.8 cm³/mol. The zero-order valence-electron chi connectivity index (χ0n) is 9.98. The lowest BCUT2D eigenvalue weighted by Crippen LogP contribution is -2.21. The van der Waals surface area contributed by atoms with Gasteiger partial charge in [0.2, 0.25) is 0 Å². The molecule has 1 N–H and O–H groups in total. The first kappa shape index (κ1) is 11.9. The fourth-order valence-electron chi connectivity index (χ4n) is 2.62. The second kappa shape index (κ2) is 4.35. The second-order valence-electron chi connectivity index (χ2n) is 4.74. The van der Waals surface area contributed by atoms with E-state index in [0.717, 1.165) is 5.56 Å². The van der Waals surface area contributed by atoms with Crippen molar-refractivity contribution in [2.75, 3.05) is 18.5 Å². The fourth-order valence-corrected chi connectivity index (χ4v) is 2.62. The van der Waals surface area contributed by atoms with Gasteiger partial charge in [-0.1, -0.05) is 19.1 Å². The third-order valence-corrected chi connectivity index (χ3v) is 3.45. The quantitative estimate of drug-likeness (QED) is 0.878. The maximum atomic E-state index is 13.7. The molecule has 2 atom stereocenters. The maximum absolute atomic E-state index is 13.7. The van der Waals surface area contributed by atoms with Gasteiger partial charge in [-0.3, -0.25) is 4.79 Å². The van der Waals surface area contributed by atoms with Crippen LogP contribution in [0.5, 0.6) is 0 Å². The summed E-state index contributed by atoms with van der Waals surface area (Å²) < 4.78 is 13.7. The molecule has 1 aliphatic heterocycles. The van der Waals surface area contributed by atoms with Crippen LogP contribution < -0.4 is 4.90 Å². The average molecular weight is 237 g/mol. The van der Waals surface area contributed by atoms with Crippen LogP contribution in [0.1, 0.15) is 24.8 Å². The minimum absolute atomic E-state index is 0.0120. The molecule has 4 heteroatoms. The highest BCUT2D eigenvalue weighted by Gasteiger charge is 2.33. The van der Waals surface area contributed by atoms with E-state index in [9.17, 15) is 9.18 Å². The molecule has 0 saturated carbocycles. The first-order valence-corrected chi connectivity index (χ1v) is 5.72. The van der Waals surface area contributed by atoms with Crippen LogP contribution in [0.3, 0.4) is 0 Å². The van der Waals surface area contributed by atoms with Crippen molar-refractivity contribution in [3.05, 3.63) is 29.6 Å². The molecular formula is C13H16FNO2. The van der Waals surface area contributed by atoms with Gasteiger partial charge in [-0.15, -0.1) is 0 Å². The second-order valence-corrected chi connectivity index (χ2v) is 4.74. The molecule has 1 aromatic rings. The summed E-state index contributed by atoms with van der Waals surface area (Å²) in [5, 5.41) is 8.83. The van der Waals surface area contributed by atoms with Crippen molar-refractivity contribution in [1.29, 1.82) is 0 Å². The molecule has 1 heterocycles. The van der Waals surface area contributed by atoms with Gasteiger partial charge in [-0.2, -0.15) is 0 Å². The molecule has 1 aliphatic rings. The topological polar surface area (TPSA) is 40.5 Å². The number of anilines is 1. The number of halogens is 1. The normalized spacial score (nSPS) is 20.2. The van der Waals surface area contributed by atoms with Gasteiger partial charge in [-0.05, 0) is 17.5 Å². The number of likely N-dealkylation sites (N-methyl/N-ethyl adjacent to an activating group) is 1. The number of para-hydroxylation sites is 1. The van der Waals surface area contributed by atoms with Gasteiger partial charge < -0.3 is 10.0 Å². The molecule has 17 heavy (non-hydrogen) atoms. The zero-order chi connectivity index (χ0) is 12.6. The standard InChI is InChI=1S/C13H16FNO2/c1-8(6-12(16)17)10-7-15(2)13-9(10)4-3-5-11(13)14/h3-5,8,10H,6-7H2,1-2H3,(H,16,17). The van der Waals surface area contributed by atoms with Gasteiger partial charge in [-0.25, -0.2) is 4.39 Å². The predicted octanol–water partition coefficient (Wildman–Crippen LogP) is 2.47. The summed E-state index contributed by atoms with van der Waals surface area (Å²) in [5.41, 5.74) is 1.55. The highest BCUT2D eigenvalue weighted by molar-refractivity contribution is 5.68. The Hall–Kier alpha value is -1.58. The van der Waals surface area contributed by atoms with E-state index in [-0.39, 0.29) is 24.1 Å². The van der Waals surface area contributed by atoms with Crippen LogP contribution >= 0.6 is 0 Å². The molecular weight excluding hydrogens is 221 g/mol. The van der Waals surface area contributed by atoms with Crippen LogP contribution in [-0.2, 0) is 4.79 Å². The zero-order valence-corrected chi connectivity index (χ0v) is 9.98. The molecule has 0 radical (unpaired) electrons. The number of carboxylic acid groups (broad SMARTS) is 1. The molecule has 92 valence electrons. The molecule has 0 amide bonds. The van der Waals surface area contributed by atoms with Crippen molar-refractivity contribution in [1.82, 2.24) is 0 Å². The van der Waals surface area contributed by atoms with Crippen LogP contribution in [0.2, 0.25) is 0 Å². The van der Waals surface area contributed by atoms with Crippen molar-refractivity contribution in [2.24, 2.45) is 5.92 Å². The van der Waals surface area contributed by atoms with Gasteiger partial charge in [0.1, 0.15) is 5.82 Å². The van der Waals surface area contributed by atoms with Crippen molar-refractivity contribution >= 4 is 11.7 Å². The number of carbonyl (C=O) groups is 1. The Balaban J connectivity index is 2.31. The van der Waals surface area contributed by atoms with Crippen LogP contribution in [0.15, 0.2) is 18.2 Å². The Morgan fingerprint density at radius 2 is 2.35 bits per heavy atom. The van der Waals surface area contributed by atoms with Crippen LogP contribution in [0.25, 0.3) is 0 Å². The Morgan fingerprint density at radius 3 is 3.00 bits per heavy atom. The Kier molecular flexibility index (Phi) is 3.05. The van der Waals surface area contributed by atoms with Gasteiger partial charge in [0.15, 0.2) is 0 Å². The monoisotopic (exact) mass is 237 g/mol. The Bertz CT molecular complexity index is 447. The molecule has 2 unspecified atom stereocenters. The molecule has 0 aliphatic carbocycles. The number of fused-ring (bicyclic) bond motifs is 1. The minimum atomic E-state index is -0.801. The largest absolute Gasteiger partial charge is 0.481 e. The first-order valence-electron chi connectivity index (χ1n) is 5.72. The lowest BCUT2D eigenvalue weighted by molar-refractivity contribution is -0.138.